The van der Waals surface area contributed by atoms with Gasteiger partial charge in [-0.3, -0.25) is 9.10 Å². The summed E-state index contributed by atoms with van der Waals surface area (Å²) in [4.78, 5) is 12.4. The quantitative estimate of drug-likeness (QED) is 0.910. The molecule has 122 valence electrons. The van der Waals surface area contributed by atoms with E-state index in [-0.39, 0.29) is 5.91 Å². The van der Waals surface area contributed by atoms with Crippen molar-refractivity contribution in [3.8, 4) is 5.75 Å². The number of hydrogen-bond donors (Lipinski definition) is 1. The lowest BCUT2D eigenvalue weighted by Crippen LogP contribution is -2.25. The molecule has 0 heterocycles. The van der Waals surface area contributed by atoms with Gasteiger partial charge in [-0.1, -0.05) is 18.2 Å². The normalized spacial score (nSPS) is 10.9. The summed E-state index contributed by atoms with van der Waals surface area (Å²) in [5, 5.41) is 2.75. The van der Waals surface area contributed by atoms with Crippen LogP contribution in [0.1, 0.15) is 10.4 Å². The minimum Gasteiger partial charge on any atom is -0.495 e. The van der Waals surface area contributed by atoms with Gasteiger partial charge in [0, 0.05) is 12.6 Å². The average molecular weight is 334 g/mol. The molecule has 0 spiro atoms. The van der Waals surface area contributed by atoms with E-state index >= 15 is 0 Å². The highest BCUT2D eigenvalue weighted by Gasteiger charge is 2.15. The lowest BCUT2D eigenvalue weighted by atomic mass is 10.2. The summed E-state index contributed by atoms with van der Waals surface area (Å²) in [6.45, 7) is 0. The van der Waals surface area contributed by atoms with Crippen LogP contribution in [0.4, 0.5) is 11.4 Å². The van der Waals surface area contributed by atoms with E-state index < -0.39 is 10.0 Å². The van der Waals surface area contributed by atoms with Gasteiger partial charge in [0.25, 0.3) is 5.91 Å². The summed E-state index contributed by atoms with van der Waals surface area (Å²) >= 11 is 0. The molecule has 0 aliphatic carbocycles. The van der Waals surface area contributed by atoms with E-state index in [2.05, 4.69) is 5.32 Å². The SMILES string of the molecule is COc1ccccc1NC(=O)c1cccc(N(C)S(C)(=O)=O)c1. The van der Waals surface area contributed by atoms with Gasteiger partial charge in [0.1, 0.15) is 5.75 Å². The number of anilines is 2. The molecule has 1 N–H and O–H groups in total. The Morgan fingerprint density at radius 3 is 2.48 bits per heavy atom. The number of carbonyl (C=O) groups excluding carboxylic acids is 1. The molecule has 0 unspecified atom stereocenters. The summed E-state index contributed by atoms with van der Waals surface area (Å²) in [5.41, 5.74) is 1.31. The van der Waals surface area contributed by atoms with Crippen molar-refractivity contribution >= 4 is 27.3 Å². The number of rotatable bonds is 5. The Kier molecular flexibility index (Phi) is 4.90. The number of methoxy groups -OCH3 is 1. The summed E-state index contributed by atoms with van der Waals surface area (Å²) in [6, 6.07) is 13.4. The Hall–Kier alpha value is -2.54. The van der Waals surface area contributed by atoms with E-state index in [1.54, 1.807) is 42.5 Å². The van der Waals surface area contributed by atoms with E-state index in [0.29, 0.717) is 22.7 Å². The predicted molar refractivity (Wildman–Crippen MR) is 90.6 cm³/mol. The van der Waals surface area contributed by atoms with E-state index in [1.807, 2.05) is 0 Å². The number of benzene rings is 2. The number of nitrogens with one attached hydrogen (secondary N) is 1. The molecule has 0 fully saturated rings. The monoisotopic (exact) mass is 334 g/mol. The second-order valence-corrected chi connectivity index (χ2v) is 6.95. The number of para-hydroxylation sites is 2. The maximum atomic E-state index is 12.4. The van der Waals surface area contributed by atoms with Crippen LogP contribution >= 0.6 is 0 Å². The lowest BCUT2D eigenvalue weighted by molar-refractivity contribution is 0.102. The van der Waals surface area contributed by atoms with Crippen molar-refractivity contribution in [1.29, 1.82) is 0 Å². The smallest absolute Gasteiger partial charge is 0.255 e. The van der Waals surface area contributed by atoms with Crippen LogP contribution in [0.15, 0.2) is 48.5 Å². The Morgan fingerprint density at radius 2 is 1.83 bits per heavy atom. The zero-order valence-corrected chi connectivity index (χ0v) is 13.9. The van der Waals surface area contributed by atoms with Crippen molar-refractivity contribution in [2.45, 2.75) is 0 Å². The average Bonchev–Trinajstić information content (AvgIpc) is 2.54. The van der Waals surface area contributed by atoms with Crippen LogP contribution in [0.25, 0.3) is 0 Å². The maximum Gasteiger partial charge on any atom is 0.255 e. The van der Waals surface area contributed by atoms with Gasteiger partial charge in [0.2, 0.25) is 10.0 Å². The molecule has 0 radical (unpaired) electrons. The highest BCUT2D eigenvalue weighted by Crippen LogP contribution is 2.24. The molecule has 2 aromatic rings. The third-order valence-corrected chi connectivity index (χ3v) is 4.53. The van der Waals surface area contributed by atoms with Crippen LogP contribution in [0.3, 0.4) is 0 Å². The van der Waals surface area contributed by atoms with Gasteiger partial charge in [-0.25, -0.2) is 8.42 Å². The summed E-state index contributed by atoms with van der Waals surface area (Å²) in [5.74, 6) is 0.198. The van der Waals surface area contributed by atoms with Crippen LogP contribution in [0, 0.1) is 0 Å². The minimum atomic E-state index is -3.39. The number of carbonyl (C=O) groups is 1. The molecule has 0 saturated heterocycles. The lowest BCUT2D eigenvalue weighted by Gasteiger charge is -2.17. The second kappa shape index (κ2) is 6.70. The van der Waals surface area contributed by atoms with Crippen LogP contribution < -0.4 is 14.4 Å². The Bertz CT molecular complexity index is 818. The molecule has 0 aliphatic heterocycles. The molecule has 1 amide bonds. The minimum absolute atomic E-state index is 0.349. The third kappa shape index (κ3) is 4.01. The first-order valence-corrected chi connectivity index (χ1v) is 8.66. The molecular weight excluding hydrogens is 316 g/mol. The zero-order valence-electron chi connectivity index (χ0n) is 13.1. The van der Waals surface area contributed by atoms with E-state index in [1.165, 1.54) is 20.2 Å². The summed E-state index contributed by atoms with van der Waals surface area (Å²) in [6.07, 6.45) is 1.11. The first-order valence-electron chi connectivity index (χ1n) is 6.81. The zero-order chi connectivity index (χ0) is 17.0. The molecule has 6 nitrogen and oxygen atoms in total. The largest absolute Gasteiger partial charge is 0.495 e. The molecule has 0 atom stereocenters. The molecule has 2 rings (SSSR count). The standard InChI is InChI=1S/C16H18N2O4S/c1-18(23(3,20)21)13-8-6-7-12(11-13)16(19)17-14-9-4-5-10-15(14)22-2/h4-11H,1-3H3,(H,17,19). The van der Waals surface area contributed by atoms with Crippen molar-refractivity contribution in [3.63, 3.8) is 0 Å². The van der Waals surface area contributed by atoms with Gasteiger partial charge in [0.05, 0.1) is 24.7 Å². The molecule has 2 aromatic carbocycles. The van der Waals surface area contributed by atoms with Crippen molar-refractivity contribution in [2.24, 2.45) is 0 Å². The van der Waals surface area contributed by atoms with Crippen molar-refractivity contribution in [3.05, 3.63) is 54.1 Å². The topological polar surface area (TPSA) is 75.7 Å². The highest BCUT2D eigenvalue weighted by molar-refractivity contribution is 7.92. The first kappa shape index (κ1) is 16.8. The fourth-order valence-corrected chi connectivity index (χ4v) is 2.47. The Morgan fingerprint density at radius 1 is 1.13 bits per heavy atom. The van der Waals surface area contributed by atoms with Crippen LogP contribution in [-0.4, -0.2) is 34.7 Å². The van der Waals surface area contributed by atoms with Gasteiger partial charge < -0.3 is 10.1 Å². The maximum absolute atomic E-state index is 12.4. The van der Waals surface area contributed by atoms with E-state index in [9.17, 15) is 13.2 Å². The van der Waals surface area contributed by atoms with Gasteiger partial charge >= 0.3 is 0 Å². The highest BCUT2D eigenvalue weighted by atomic mass is 32.2. The fraction of sp³-hybridized carbons (Fsp3) is 0.188. The molecule has 23 heavy (non-hydrogen) atoms. The molecule has 0 saturated carbocycles. The number of amides is 1. The van der Waals surface area contributed by atoms with Crippen molar-refractivity contribution in [1.82, 2.24) is 0 Å². The summed E-state index contributed by atoms with van der Waals surface area (Å²) < 4.78 is 29.5. The summed E-state index contributed by atoms with van der Waals surface area (Å²) in [7, 11) is -0.429. The Balaban J connectivity index is 2.27. The Labute approximate surface area is 135 Å². The molecular formula is C16H18N2O4S. The van der Waals surface area contributed by atoms with Gasteiger partial charge in [-0.2, -0.15) is 0 Å². The third-order valence-electron chi connectivity index (χ3n) is 3.32. The molecule has 0 bridgehead atoms. The molecule has 0 aromatic heterocycles. The predicted octanol–water partition coefficient (Wildman–Crippen LogP) is 2.34. The fourth-order valence-electron chi connectivity index (χ4n) is 1.98. The van der Waals surface area contributed by atoms with E-state index in [0.717, 1.165) is 10.6 Å². The molecule has 0 aliphatic rings. The van der Waals surface area contributed by atoms with Crippen LogP contribution in [0.2, 0.25) is 0 Å². The first-order chi connectivity index (χ1) is 10.8. The van der Waals surface area contributed by atoms with Crippen LogP contribution in [0.5, 0.6) is 5.75 Å². The van der Waals surface area contributed by atoms with Crippen LogP contribution in [-0.2, 0) is 10.0 Å². The van der Waals surface area contributed by atoms with Gasteiger partial charge in [-0.15, -0.1) is 0 Å². The molecule has 7 heteroatoms. The van der Waals surface area contributed by atoms with Gasteiger partial charge in [-0.05, 0) is 30.3 Å². The number of sulfonamides is 1. The number of ether oxygens (including phenoxy) is 1. The van der Waals surface area contributed by atoms with Crippen molar-refractivity contribution < 1.29 is 17.9 Å². The second-order valence-electron chi connectivity index (χ2n) is 4.94. The van der Waals surface area contributed by atoms with Crippen molar-refractivity contribution in [2.75, 3.05) is 30.0 Å². The number of hydrogen-bond acceptors (Lipinski definition) is 4. The van der Waals surface area contributed by atoms with E-state index in [4.69, 9.17) is 4.74 Å². The van der Waals surface area contributed by atoms with Gasteiger partial charge in [0.15, 0.2) is 0 Å². The number of nitrogens with zero attached hydrogens (tertiary/aromatic N) is 1.